The van der Waals surface area contributed by atoms with Crippen molar-refractivity contribution in [3.05, 3.63) is 0 Å². The lowest BCUT2D eigenvalue weighted by Gasteiger charge is -2.33. The van der Waals surface area contributed by atoms with Crippen molar-refractivity contribution >= 4 is 6.09 Å². The monoisotopic (exact) mass is 224 g/mol. The number of ether oxygens (including phenoxy) is 1. The van der Waals surface area contributed by atoms with Crippen molar-refractivity contribution in [3.8, 4) is 6.07 Å². The van der Waals surface area contributed by atoms with Crippen LogP contribution in [-0.4, -0.2) is 28.7 Å². The molecular formula is C12H20N2O2. The van der Waals surface area contributed by atoms with Crippen molar-refractivity contribution in [2.45, 2.75) is 58.1 Å². The summed E-state index contributed by atoms with van der Waals surface area (Å²) >= 11 is 0. The summed E-state index contributed by atoms with van der Waals surface area (Å²) in [5, 5.41) is 9.23. The molecule has 0 aliphatic carbocycles. The van der Waals surface area contributed by atoms with Crippen LogP contribution >= 0.6 is 0 Å². The van der Waals surface area contributed by atoms with Crippen LogP contribution in [0.1, 0.15) is 47.0 Å². The van der Waals surface area contributed by atoms with Gasteiger partial charge in [0.1, 0.15) is 11.1 Å². The molecule has 0 aromatic heterocycles. The average molecular weight is 224 g/mol. The fourth-order valence-corrected chi connectivity index (χ4v) is 2.02. The standard InChI is InChI=1S/C12H20N2O2/c1-5-12(9-13)7-6-8-14(12)10(15)16-11(2,3)4/h5-8H2,1-4H3. The molecule has 0 spiro atoms. The number of likely N-dealkylation sites (tertiary alicyclic amines) is 1. The van der Waals surface area contributed by atoms with E-state index in [0.717, 1.165) is 12.8 Å². The quantitative estimate of drug-likeness (QED) is 0.688. The molecule has 1 atom stereocenters. The van der Waals surface area contributed by atoms with Crippen LogP contribution in [-0.2, 0) is 4.74 Å². The van der Waals surface area contributed by atoms with Crippen LogP contribution in [0.3, 0.4) is 0 Å². The molecule has 0 saturated carbocycles. The predicted molar refractivity (Wildman–Crippen MR) is 60.8 cm³/mol. The molecule has 0 N–H and O–H groups in total. The van der Waals surface area contributed by atoms with Crippen molar-refractivity contribution in [1.82, 2.24) is 4.90 Å². The molecule has 0 bridgehead atoms. The zero-order valence-corrected chi connectivity index (χ0v) is 10.5. The fraction of sp³-hybridized carbons (Fsp3) is 0.833. The van der Waals surface area contributed by atoms with E-state index in [4.69, 9.17) is 4.74 Å². The van der Waals surface area contributed by atoms with Crippen LogP contribution < -0.4 is 0 Å². The minimum Gasteiger partial charge on any atom is -0.444 e. The third-order valence-electron chi connectivity index (χ3n) is 2.90. The molecule has 1 amide bonds. The molecule has 1 aliphatic heterocycles. The van der Waals surface area contributed by atoms with Crippen LogP contribution in [0.15, 0.2) is 0 Å². The first-order chi connectivity index (χ1) is 7.34. The maximum Gasteiger partial charge on any atom is 0.411 e. The van der Waals surface area contributed by atoms with Gasteiger partial charge in [-0.3, -0.25) is 4.90 Å². The molecule has 0 aromatic rings. The van der Waals surface area contributed by atoms with Crippen molar-refractivity contribution < 1.29 is 9.53 Å². The summed E-state index contributed by atoms with van der Waals surface area (Å²) in [5.41, 5.74) is -1.16. The second-order valence-corrected chi connectivity index (χ2v) is 5.23. The van der Waals surface area contributed by atoms with Crippen molar-refractivity contribution in [3.63, 3.8) is 0 Å². The van der Waals surface area contributed by atoms with Gasteiger partial charge in [0.2, 0.25) is 0 Å². The first-order valence-electron chi connectivity index (χ1n) is 5.76. The summed E-state index contributed by atoms with van der Waals surface area (Å²) in [4.78, 5) is 13.5. The number of hydrogen-bond acceptors (Lipinski definition) is 3. The third kappa shape index (κ3) is 2.46. The van der Waals surface area contributed by atoms with Crippen LogP contribution in [0.2, 0.25) is 0 Å². The minimum absolute atomic E-state index is 0.367. The Labute approximate surface area is 97.2 Å². The third-order valence-corrected chi connectivity index (χ3v) is 2.90. The lowest BCUT2D eigenvalue weighted by Crippen LogP contribution is -2.47. The zero-order chi connectivity index (χ0) is 12.4. The smallest absolute Gasteiger partial charge is 0.411 e. The van der Waals surface area contributed by atoms with Gasteiger partial charge in [0.15, 0.2) is 0 Å². The van der Waals surface area contributed by atoms with Crippen LogP contribution in [0.4, 0.5) is 4.79 Å². The number of carbonyl (C=O) groups excluding carboxylic acids is 1. The molecule has 1 unspecified atom stereocenters. The summed E-state index contributed by atoms with van der Waals surface area (Å²) in [5.74, 6) is 0. The van der Waals surface area contributed by atoms with Crippen LogP contribution in [0.25, 0.3) is 0 Å². The summed E-state index contributed by atoms with van der Waals surface area (Å²) in [6.07, 6.45) is 1.91. The van der Waals surface area contributed by atoms with Gasteiger partial charge in [-0.1, -0.05) is 6.92 Å². The number of nitrogens with zero attached hydrogens (tertiary/aromatic N) is 2. The SMILES string of the molecule is CCC1(C#N)CCCN1C(=O)OC(C)(C)C. The second-order valence-electron chi connectivity index (χ2n) is 5.23. The summed E-state index contributed by atoms with van der Waals surface area (Å²) in [6.45, 7) is 8.06. The highest BCUT2D eigenvalue weighted by atomic mass is 16.6. The van der Waals surface area contributed by atoms with E-state index in [-0.39, 0.29) is 6.09 Å². The Morgan fingerprint density at radius 3 is 2.62 bits per heavy atom. The van der Waals surface area contributed by atoms with Gasteiger partial charge in [-0.2, -0.15) is 5.26 Å². The molecule has 0 radical (unpaired) electrons. The Hall–Kier alpha value is -1.24. The Morgan fingerprint density at radius 1 is 1.56 bits per heavy atom. The maximum absolute atomic E-state index is 11.9. The van der Waals surface area contributed by atoms with Gasteiger partial charge in [-0.15, -0.1) is 0 Å². The van der Waals surface area contributed by atoms with Gasteiger partial charge in [0.25, 0.3) is 0 Å². The highest BCUT2D eigenvalue weighted by Crippen LogP contribution is 2.32. The summed E-state index contributed by atoms with van der Waals surface area (Å²) < 4.78 is 5.32. The Kier molecular flexibility index (Phi) is 3.47. The topological polar surface area (TPSA) is 53.3 Å². The molecule has 1 heterocycles. The Bertz CT molecular complexity index is 314. The van der Waals surface area contributed by atoms with Gasteiger partial charge >= 0.3 is 6.09 Å². The van der Waals surface area contributed by atoms with Crippen molar-refractivity contribution in [1.29, 1.82) is 5.26 Å². The maximum atomic E-state index is 11.9. The van der Waals surface area contributed by atoms with Gasteiger partial charge in [0, 0.05) is 6.54 Å². The van der Waals surface area contributed by atoms with E-state index in [1.54, 1.807) is 4.90 Å². The summed E-state index contributed by atoms with van der Waals surface area (Å²) in [7, 11) is 0. The van der Waals surface area contributed by atoms with Gasteiger partial charge in [-0.25, -0.2) is 4.79 Å². The largest absolute Gasteiger partial charge is 0.444 e. The highest BCUT2D eigenvalue weighted by Gasteiger charge is 2.44. The molecule has 1 saturated heterocycles. The lowest BCUT2D eigenvalue weighted by molar-refractivity contribution is 0.0152. The van der Waals surface area contributed by atoms with Gasteiger partial charge < -0.3 is 4.74 Å². The zero-order valence-electron chi connectivity index (χ0n) is 10.5. The summed E-state index contributed by atoms with van der Waals surface area (Å²) in [6, 6.07) is 2.27. The average Bonchev–Trinajstić information content (AvgIpc) is 2.59. The molecule has 1 aliphatic rings. The van der Waals surface area contributed by atoms with Crippen LogP contribution in [0.5, 0.6) is 0 Å². The molecule has 4 nitrogen and oxygen atoms in total. The molecule has 16 heavy (non-hydrogen) atoms. The number of nitriles is 1. The molecule has 0 aromatic carbocycles. The van der Waals surface area contributed by atoms with Crippen molar-refractivity contribution in [2.75, 3.05) is 6.54 Å². The lowest BCUT2D eigenvalue weighted by atomic mass is 9.95. The van der Waals surface area contributed by atoms with Crippen LogP contribution in [0, 0.1) is 11.3 Å². The fourth-order valence-electron chi connectivity index (χ4n) is 2.02. The van der Waals surface area contributed by atoms with E-state index in [9.17, 15) is 10.1 Å². The number of hydrogen-bond donors (Lipinski definition) is 0. The number of amides is 1. The number of carbonyl (C=O) groups is 1. The minimum atomic E-state index is -0.650. The normalized spacial score (nSPS) is 25.3. The highest BCUT2D eigenvalue weighted by molar-refractivity contribution is 5.70. The van der Waals surface area contributed by atoms with Gasteiger partial charge in [-0.05, 0) is 40.0 Å². The molecule has 90 valence electrons. The molecule has 1 fully saturated rings. The molecule has 4 heteroatoms. The van der Waals surface area contributed by atoms with Gasteiger partial charge in [0.05, 0.1) is 6.07 Å². The van der Waals surface area contributed by atoms with Crippen molar-refractivity contribution in [2.24, 2.45) is 0 Å². The Balaban J connectivity index is 2.80. The van der Waals surface area contributed by atoms with E-state index in [0.29, 0.717) is 13.0 Å². The van der Waals surface area contributed by atoms with E-state index in [1.165, 1.54) is 0 Å². The number of rotatable bonds is 1. The predicted octanol–water partition coefficient (Wildman–Crippen LogP) is 2.69. The van der Waals surface area contributed by atoms with E-state index >= 15 is 0 Å². The second kappa shape index (κ2) is 4.32. The first-order valence-corrected chi connectivity index (χ1v) is 5.76. The van der Waals surface area contributed by atoms with E-state index in [1.807, 2.05) is 27.7 Å². The van der Waals surface area contributed by atoms with E-state index in [2.05, 4.69) is 6.07 Å². The first kappa shape index (κ1) is 12.8. The van der Waals surface area contributed by atoms with E-state index < -0.39 is 11.1 Å². The molecule has 1 rings (SSSR count). The molecular weight excluding hydrogens is 204 g/mol. The Morgan fingerprint density at radius 2 is 2.19 bits per heavy atom.